The number of nitrogens with one attached hydrogen (secondary N) is 5. The molecule has 8 amide bonds. The summed E-state index contributed by atoms with van der Waals surface area (Å²) < 4.78 is 50.7. The van der Waals surface area contributed by atoms with Crippen LogP contribution >= 0.6 is 27.5 Å². The molecule has 87 heavy (non-hydrogen) atoms. The van der Waals surface area contributed by atoms with Crippen LogP contribution in [0, 0.1) is 17.7 Å². The summed E-state index contributed by atoms with van der Waals surface area (Å²) in [5.74, 6) is -6.95. The molecule has 2 aromatic rings. The Balaban J connectivity index is 1.32. The highest BCUT2D eigenvalue weighted by Crippen LogP contribution is 2.49. The number of carbonyl (C=O) groups is 9. The molecule has 0 aromatic heterocycles. The summed E-state index contributed by atoms with van der Waals surface area (Å²) in [4.78, 5) is 122. The third-order valence-electron chi connectivity index (χ3n) is 15.5. The van der Waals surface area contributed by atoms with Crippen molar-refractivity contribution in [3.8, 4) is 5.75 Å². The fraction of sp³-hybridized carbons (Fsp3) is 0.550. The number of alkyl halides is 1. The molecule has 8 N–H and O–H groups in total. The lowest BCUT2D eigenvalue weighted by molar-refractivity contribution is -0.158. The van der Waals surface area contributed by atoms with Gasteiger partial charge < -0.3 is 70.3 Å². The van der Waals surface area contributed by atoms with Crippen molar-refractivity contribution in [3.63, 3.8) is 0 Å². The van der Waals surface area contributed by atoms with Crippen LogP contribution in [0.4, 0.5) is 25.4 Å². The predicted molar refractivity (Wildman–Crippen MR) is 323 cm³/mol. The van der Waals surface area contributed by atoms with Gasteiger partial charge in [0.15, 0.2) is 5.72 Å². The largest absolute Gasteiger partial charge is 0.495 e. The maximum atomic E-state index is 16.1. The molecule has 27 heteroatoms. The minimum absolute atomic E-state index is 0.0351. The minimum Gasteiger partial charge on any atom is -0.495 e. The zero-order valence-corrected chi connectivity index (χ0v) is 53.0. The van der Waals surface area contributed by atoms with E-state index < -0.39 is 137 Å². The number of carbonyl (C=O) groups excluding carboxylic acids is 9. The third-order valence-corrected chi connectivity index (χ3v) is 16.6. The van der Waals surface area contributed by atoms with E-state index in [0.717, 1.165) is 22.6 Å². The summed E-state index contributed by atoms with van der Waals surface area (Å²) in [6.07, 6.45) is 1.31. The van der Waals surface area contributed by atoms with Crippen LogP contribution < -0.4 is 42.0 Å². The first kappa shape index (κ1) is 70.6. The molecular weight excluding hydrogens is 1220 g/mol. The number of allylic oxidation sites excluding steroid dienone is 3. The van der Waals surface area contributed by atoms with Crippen molar-refractivity contribution >= 4 is 92.5 Å². The third kappa shape index (κ3) is 18.9. The van der Waals surface area contributed by atoms with Crippen molar-refractivity contribution in [2.75, 3.05) is 57.0 Å². The molecule has 0 unspecified atom stereocenters. The fourth-order valence-electron chi connectivity index (χ4n) is 10.1. The number of benzene rings is 2. The molecule has 0 spiro atoms. The summed E-state index contributed by atoms with van der Waals surface area (Å²) in [5, 5.41) is 25.1. The van der Waals surface area contributed by atoms with E-state index in [-0.39, 0.29) is 71.9 Å². The Labute approximate surface area is 519 Å². The molecule has 3 heterocycles. The van der Waals surface area contributed by atoms with Gasteiger partial charge in [-0.3, -0.25) is 29.3 Å². The number of epoxide rings is 1. The highest BCUT2D eigenvalue weighted by molar-refractivity contribution is 9.09. The van der Waals surface area contributed by atoms with E-state index in [9.17, 15) is 48.3 Å². The number of primary amides is 1. The van der Waals surface area contributed by atoms with Gasteiger partial charge in [-0.1, -0.05) is 78.7 Å². The lowest BCUT2D eigenvalue weighted by Crippen LogP contribution is -2.63. The van der Waals surface area contributed by atoms with Crippen molar-refractivity contribution in [1.82, 2.24) is 26.2 Å². The molecule has 4 bridgehead atoms. The molecule has 0 radical (unpaired) electrons. The first-order valence-corrected chi connectivity index (χ1v) is 30.0. The standard InChI is InChI=1S/C60H81BrClFN8O16/c1-32(2)50(68-47(72)20-13-12-14-24-84-55(77)34(4)31-61)53(75)67-41(18-16-23-65-57(64)79)52(74)66-38-21-22-39(40(63)28-38)54(76)70(8)36(6)56(78)86-46-29-48(73)71(9)42-26-37(27-43(82-10)49(42)62)25-33(3)17-15-19-45(83-11)60(81)30-44(85-58(80)69-60)35(5)51-59(46,7)87-51/h15,17,19,21-22,26-28,32,35-36,41,44-46,50-51,81H,4,12-14,16,18,20,23-25,29-31H2,1-3,5-11H3,(H,66,74)(H,67,75)(H,68,72)(H,69,80)(H3,64,65,79)/b19-15+,33-17+/t35-,36+,41+,44+,45-,46+,50+,51+,59+,60+/m1/s1. The second-order valence-electron chi connectivity index (χ2n) is 22.5. The number of hydrogen-bond donors (Lipinski definition) is 7. The summed E-state index contributed by atoms with van der Waals surface area (Å²) in [5.41, 5.74) is 3.35. The van der Waals surface area contributed by atoms with Crippen LogP contribution in [0.5, 0.6) is 5.75 Å². The molecule has 3 aliphatic heterocycles. The minimum atomic E-state index is -1.94. The highest BCUT2D eigenvalue weighted by Gasteiger charge is 2.64. The van der Waals surface area contributed by atoms with E-state index in [4.69, 9.17) is 45.8 Å². The number of fused-ring (bicyclic) bond motifs is 5. The van der Waals surface area contributed by atoms with Crippen LogP contribution in [0.15, 0.2) is 66.3 Å². The van der Waals surface area contributed by atoms with Crippen molar-refractivity contribution in [3.05, 3.63) is 88.3 Å². The number of alkyl carbamates (subject to hydrolysis) is 1. The van der Waals surface area contributed by atoms with Crippen LogP contribution in [0.3, 0.4) is 0 Å². The molecular formula is C60H81BrClFN8O16. The van der Waals surface area contributed by atoms with Gasteiger partial charge in [0.1, 0.15) is 58.6 Å². The maximum Gasteiger partial charge on any atom is 0.409 e. The Hall–Kier alpha value is -7.13. The monoisotopic (exact) mass is 1300 g/mol. The van der Waals surface area contributed by atoms with Gasteiger partial charge in [-0.15, -0.1) is 0 Å². The van der Waals surface area contributed by atoms with Gasteiger partial charge in [-0.05, 0) is 101 Å². The van der Waals surface area contributed by atoms with Crippen LogP contribution in [0.2, 0.25) is 5.02 Å². The van der Waals surface area contributed by atoms with Crippen molar-refractivity contribution < 1.29 is 81.1 Å². The van der Waals surface area contributed by atoms with Gasteiger partial charge in [-0.2, -0.15) is 0 Å². The van der Waals surface area contributed by atoms with Crippen molar-refractivity contribution in [2.45, 2.75) is 153 Å². The van der Waals surface area contributed by atoms with Crippen LogP contribution in [0.1, 0.15) is 109 Å². The highest BCUT2D eigenvalue weighted by atomic mass is 79.9. The number of anilines is 2. The van der Waals surface area contributed by atoms with E-state index in [1.165, 1.54) is 46.2 Å². The Morgan fingerprint density at radius 2 is 1.76 bits per heavy atom. The summed E-state index contributed by atoms with van der Waals surface area (Å²) in [6.45, 7) is 13.7. The van der Waals surface area contributed by atoms with Crippen LogP contribution in [-0.2, 0) is 58.9 Å². The Morgan fingerprint density at radius 1 is 1.05 bits per heavy atom. The van der Waals surface area contributed by atoms with Gasteiger partial charge in [0, 0.05) is 63.1 Å². The second kappa shape index (κ2) is 31.7. The van der Waals surface area contributed by atoms with Crippen molar-refractivity contribution in [2.24, 2.45) is 17.6 Å². The number of nitrogens with two attached hydrogens (primary N) is 1. The number of hydrogen-bond acceptors (Lipinski definition) is 16. The smallest absolute Gasteiger partial charge is 0.409 e. The van der Waals surface area contributed by atoms with Crippen LogP contribution in [0.25, 0.3) is 0 Å². The normalized spacial score (nSPS) is 24.0. The molecule has 3 aliphatic rings. The maximum absolute atomic E-state index is 16.1. The fourth-order valence-corrected chi connectivity index (χ4v) is 10.6. The number of urea groups is 1. The second-order valence-corrected chi connectivity index (χ2v) is 23.4. The number of esters is 2. The van der Waals surface area contributed by atoms with E-state index in [1.54, 1.807) is 52.0 Å². The zero-order valence-electron chi connectivity index (χ0n) is 50.7. The molecule has 10 atom stereocenters. The van der Waals surface area contributed by atoms with Gasteiger partial charge in [0.2, 0.25) is 23.6 Å². The average Bonchev–Trinajstić information content (AvgIpc) is 1.59. The van der Waals surface area contributed by atoms with E-state index >= 15 is 4.39 Å². The molecule has 0 saturated carbocycles. The lowest BCUT2D eigenvalue weighted by Gasteiger charge is -2.42. The molecule has 2 aromatic carbocycles. The van der Waals surface area contributed by atoms with E-state index in [1.807, 2.05) is 13.0 Å². The predicted octanol–water partition coefficient (Wildman–Crippen LogP) is 6.03. The van der Waals surface area contributed by atoms with Gasteiger partial charge in [0.25, 0.3) is 5.91 Å². The Bertz CT molecular complexity index is 2970. The summed E-state index contributed by atoms with van der Waals surface area (Å²) >= 11 is 9.98. The number of aliphatic hydroxyl groups is 1. The topological polar surface area (TPSA) is 325 Å². The Kier molecular flexibility index (Phi) is 25.7. The summed E-state index contributed by atoms with van der Waals surface area (Å²) in [6, 6.07) is 2.05. The number of rotatable bonds is 24. The zero-order chi connectivity index (χ0) is 64.7. The molecule has 24 nitrogen and oxygen atoms in total. The molecule has 5 rings (SSSR count). The number of amides is 8. The summed E-state index contributed by atoms with van der Waals surface area (Å²) in [7, 11) is 5.55. The first-order valence-electron chi connectivity index (χ1n) is 28.5. The average molecular weight is 1300 g/mol. The lowest BCUT2D eigenvalue weighted by atomic mass is 9.83. The molecule has 0 aliphatic carbocycles. The van der Waals surface area contributed by atoms with Gasteiger partial charge >= 0.3 is 24.1 Å². The number of ether oxygens (including phenoxy) is 6. The number of nitrogens with zero attached hydrogens (tertiary/aromatic N) is 2. The van der Waals surface area contributed by atoms with Crippen LogP contribution in [-0.4, -0.2) is 164 Å². The number of methoxy groups -OCH3 is 2. The van der Waals surface area contributed by atoms with E-state index in [0.29, 0.717) is 31.2 Å². The van der Waals surface area contributed by atoms with Crippen molar-refractivity contribution in [1.29, 1.82) is 0 Å². The Morgan fingerprint density at radius 3 is 2.40 bits per heavy atom. The number of unbranched alkanes of at least 4 members (excludes halogenated alkanes) is 2. The molecule has 2 fully saturated rings. The SMILES string of the molecule is C=C(CBr)C(=O)OCCCCCC(=O)N[C@H](C(=O)N[C@@H](CCCNC(N)=O)C(=O)Nc1ccc(C(=O)N(C)[C@@H](C)C(=O)O[C@H]2CC(=O)N(C)c3cc(cc(OC)c3Cl)C/C(C)=C/C=C/[C@@H](OC)[C@@]3(O)C[C@H](OC(=O)N3)[C@@H](C)[C@@H]3O[C@@]23C)c(F)c1)C(C)C. The first-order chi connectivity index (χ1) is 41.0. The van der Waals surface area contributed by atoms with Gasteiger partial charge in [-0.25, -0.2) is 23.6 Å². The quantitative estimate of drug-likeness (QED) is 0.0157. The number of halogens is 3. The molecule has 2 saturated heterocycles. The molecule has 478 valence electrons. The van der Waals surface area contributed by atoms with E-state index in [2.05, 4.69) is 49.1 Å². The number of likely N-dealkylation sites (N-methyl/N-ethyl adjacent to an activating group) is 1. The van der Waals surface area contributed by atoms with Gasteiger partial charge in [0.05, 0.1) is 37.5 Å².